The molecule has 7 heteroatoms. The maximum absolute atomic E-state index is 12.3. The van der Waals surface area contributed by atoms with Gasteiger partial charge in [0.25, 0.3) is 0 Å². The third-order valence-corrected chi connectivity index (χ3v) is 5.60. The number of carbonyl (C=O) groups is 2. The Bertz CT molecular complexity index is 1080. The molecule has 1 atom stereocenters. The lowest BCUT2D eigenvalue weighted by molar-refractivity contribution is -0.122. The van der Waals surface area contributed by atoms with Gasteiger partial charge in [-0.15, -0.1) is 0 Å². The fourth-order valence-corrected chi connectivity index (χ4v) is 4.03. The molecule has 1 heterocycles. The minimum absolute atomic E-state index is 0.0632. The van der Waals surface area contributed by atoms with E-state index < -0.39 is 5.25 Å². The molecule has 4 rings (SSSR count). The summed E-state index contributed by atoms with van der Waals surface area (Å²) in [4.78, 5) is 29.1. The van der Waals surface area contributed by atoms with Gasteiger partial charge in [0.2, 0.25) is 11.8 Å². The number of halogens is 1. The normalized spacial score (nSPS) is 17.7. The monoisotopic (exact) mass is 409 g/mol. The largest absolute Gasteiger partial charge is 0.326 e. The first-order chi connectivity index (χ1) is 13.6. The molecule has 0 aromatic heterocycles. The molecule has 0 spiro atoms. The van der Waals surface area contributed by atoms with Gasteiger partial charge in [-0.1, -0.05) is 59.8 Å². The zero-order chi connectivity index (χ0) is 19.5. The maximum Gasteiger partial charge on any atom is 0.240 e. The molecule has 0 aliphatic carbocycles. The molecule has 1 unspecified atom stereocenters. The third kappa shape index (κ3) is 4.18. The first-order valence-electron chi connectivity index (χ1n) is 8.68. The Morgan fingerprint density at radius 1 is 1.07 bits per heavy atom. The topological polar surface area (TPSA) is 70.6 Å². The molecular formula is C21H16ClN3O2S. The second kappa shape index (κ2) is 8.04. The second-order valence-corrected chi connectivity index (χ2v) is 7.90. The van der Waals surface area contributed by atoms with Crippen molar-refractivity contribution in [3.8, 4) is 0 Å². The van der Waals surface area contributed by atoms with Gasteiger partial charge in [-0.05, 0) is 35.7 Å². The zero-order valence-corrected chi connectivity index (χ0v) is 16.3. The fourth-order valence-electron chi connectivity index (χ4n) is 2.92. The Balaban J connectivity index is 1.45. The molecule has 2 N–H and O–H groups in total. The molecule has 3 aromatic carbocycles. The highest BCUT2D eigenvalue weighted by molar-refractivity contribution is 8.15. The highest BCUT2D eigenvalue weighted by atomic mass is 35.5. The molecule has 1 saturated heterocycles. The van der Waals surface area contributed by atoms with E-state index in [-0.39, 0.29) is 18.2 Å². The van der Waals surface area contributed by atoms with Crippen LogP contribution in [0.3, 0.4) is 0 Å². The SMILES string of the molecule is O=C(CC1SC(=Nc2cccc3ccccc23)NC1=O)Nc1ccc(Cl)cc1. The Morgan fingerprint density at radius 3 is 2.64 bits per heavy atom. The summed E-state index contributed by atoms with van der Waals surface area (Å²) in [7, 11) is 0. The molecule has 5 nitrogen and oxygen atoms in total. The summed E-state index contributed by atoms with van der Waals surface area (Å²) in [5.41, 5.74) is 1.43. The Labute approximate surface area is 171 Å². The average Bonchev–Trinajstić information content (AvgIpc) is 3.03. The van der Waals surface area contributed by atoms with Crippen LogP contribution in [0, 0.1) is 0 Å². The summed E-state index contributed by atoms with van der Waals surface area (Å²) >= 11 is 7.11. The number of nitrogens with one attached hydrogen (secondary N) is 2. The summed E-state index contributed by atoms with van der Waals surface area (Å²) in [5, 5.41) is 8.22. The number of nitrogens with zero attached hydrogens (tertiary/aromatic N) is 1. The van der Waals surface area contributed by atoms with E-state index in [1.165, 1.54) is 11.8 Å². The quantitative estimate of drug-likeness (QED) is 0.653. The van der Waals surface area contributed by atoms with E-state index in [9.17, 15) is 9.59 Å². The van der Waals surface area contributed by atoms with Crippen molar-refractivity contribution < 1.29 is 9.59 Å². The van der Waals surface area contributed by atoms with Crippen LogP contribution in [-0.2, 0) is 9.59 Å². The Hall–Kier alpha value is -2.83. The summed E-state index contributed by atoms with van der Waals surface area (Å²) in [5.74, 6) is -0.448. The van der Waals surface area contributed by atoms with Gasteiger partial charge < -0.3 is 10.6 Å². The van der Waals surface area contributed by atoms with Crippen LogP contribution >= 0.6 is 23.4 Å². The number of fused-ring (bicyclic) bond motifs is 1. The number of rotatable bonds is 4. The minimum Gasteiger partial charge on any atom is -0.326 e. The number of aliphatic imine (C=N–C) groups is 1. The van der Waals surface area contributed by atoms with Crippen molar-refractivity contribution in [1.29, 1.82) is 0 Å². The summed E-state index contributed by atoms with van der Waals surface area (Å²) in [6.07, 6.45) is 0.0632. The van der Waals surface area contributed by atoms with E-state index in [4.69, 9.17) is 11.6 Å². The molecule has 1 aliphatic rings. The molecular weight excluding hydrogens is 394 g/mol. The second-order valence-electron chi connectivity index (χ2n) is 6.27. The van der Waals surface area contributed by atoms with Gasteiger partial charge >= 0.3 is 0 Å². The first kappa shape index (κ1) is 18.5. The van der Waals surface area contributed by atoms with Crippen LogP contribution < -0.4 is 10.6 Å². The van der Waals surface area contributed by atoms with Gasteiger partial charge in [-0.3, -0.25) is 9.59 Å². The van der Waals surface area contributed by atoms with Crippen molar-refractivity contribution in [3.63, 3.8) is 0 Å². The number of carbonyl (C=O) groups excluding carboxylic acids is 2. The highest BCUT2D eigenvalue weighted by Gasteiger charge is 2.32. The van der Waals surface area contributed by atoms with Crippen LogP contribution in [0.25, 0.3) is 10.8 Å². The predicted molar refractivity (Wildman–Crippen MR) is 115 cm³/mol. The van der Waals surface area contributed by atoms with Gasteiger partial charge in [-0.25, -0.2) is 4.99 Å². The number of hydrogen-bond donors (Lipinski definition) is 2. The fraction of sp³-hybridized carbons (Fsp3) is 0.0952. The molecule has 2 amide bonds. The van der Waals surface area contributed by atoms with Crippen LogP contribution in [0.2, 0.25) is 5.02 Å². The van der Waals surface area contributed by atoms with Gasteiger partial charge in [0, 0.05) is 22.5 Å². The van der Waals surface area contributed by atoms with Crippen LogP contribution in [0.5, 0.6) is 0 Å². The predicted octanol–water partition coefficient (Wildman–Crippen LogP) is 4.74. The summed E-state index contributed by atoms with van der Waals surface area (Å²) in [6, 6.07) is 20.6. The lowest BCUT2D eigenvalue weighted by Gasteiger charge is -2.07. The summed E-state index contributed by atoms with van der Waals surface area (Å²) < 4.78 is 0. The first-order valence-corrected chi connectivity index (χ1v) is 9.94. The molecule has 0 saturated carbocycles. The van der Waals surface area contributed by atoms with Crippen LogP contribution in [0.15, 0.2) is 71.7 Å². The van der Waals surface area contributed by atoms with Crippen molar-refractivity contribution >= 4 is 62.5 Å². The van der Waals surface area contributed by atoms with Gasteiger partial charge in [0.1, 0.15) is 5.25 Å². The van der Waals surface area contributed by atoms with Gasteiger partial charge in [0.05, 0.1) is 5.69 Å². The van der Waals surface area contributed by atoms with E-state index in [1.807, 2.05) is 42.5 Å². The van der Waals surface area contributed by atoms with Crippen molar-refractivity contribution in [2.75, 3.05) is 5.32 Å². The van der Waals surface area contributed by atoms with Gasteiger partial charge in [-0.2, -0.15) is 0 Å². The number of hydrogen-bond acceptors (Lipinski definition) is 4. The van der Waals surface area contributed by atoms with Crippen molar-refractivity contribution in [3.05, 3.63) is 71.8 Å². The number of anilines is 1. The zero-order valence-electron chi connectivity index (χ0n) is 14.7. The number of thioether (sulfide) groups is 1. The van der Waals surface area contributed by atoms with E-state index in [2.05, 4.69) is 15.6 Å². The van der Waals surface area contributed by atoms with Gasteiger partial charge in [0.15, 0.2) is 5.17 Å². The minimum atomic E-state index is -0.513. The molecule has 28 heavy (non-hydrogen) atoms. The van der Waals surface area contributed by atoms with Crippen LogP contribution in [0.1, 0.15) is 6.42 Å². The van der Waals surface area contributed by atoms with E-state index in [0.29, 0.717) is 15.9 Å². The summed E-state index contributed by atoms with van der Waals surface area (Å²) in [6.45, 7) is 0. The molecule has 3 aromatic rings. The smallest absolute Gasteiger partial charge is 0.240 e. The van der Waals surface area contributed by atoms with E-state index in [0.717, 1.165) is 16.5 Å². The van der Waals surface area contributed by atoms with Crippen LogP contribution in [-0.4, -0.2) is 22.2 Å². The standard InChI is InChI=1S/C21H16ClN3O2S/c22-14-8-10-15(11-9-14)23-19(26)12-18-20(27)25-21(28-18)24-17-7-3-5-13-4-1-2-6-16(13)17/h1-11,18H,12H2,(H,23,26)(H,24,25,27). The molecule has 0 bridgehead atoms. The van der Waals surface area contributed by atoms with Crippen molar-refractivity contribution in [1.82, 2.24) is 5.32 Å². The maximum atomic E-state index is 12.3. The molecule has 0 radical (unpaired) electrons. The molecule has 140 valence electrons. The lowest BCUT2D eigenvalue weighted by atomic mass is 10.1. The van der Waals surface area contributed by atoms with Crippen LogP contribution in [0.4, 0.5) is 11.4 Å². The lowest BCUT2D eigenvalue weighted by Crippen LogP contribution is -2.28. The average molecular weight is 410 g/mol. The third-order valence-electron chi connectivity index (χ3n) is 4.26. The molecule has 1 aliphatic heterocycles. The van der Waals surface area contributed by atoms with Crippen molar-refractivity contribution in [2.45, 2.75) is 11.7 Å². The number of amidine groups is 1. The van der Waals surface area contributed by atoms with Crippen molar-refractivity contribution in [2.24, 2.45) is 4.99 Å². The molecule has 1 fully saturated rings. The van der Waals surface area contributed by atoms with E-state index >= 15 is 0 Å². The van der Waals surface area contributed by atoms with E-state index in [1.54, 1.807) is 24.3 Å². The Morgan fingerprint density at radius 2 is 1.82 bits per heavy atom. The highest BCUT2D eigenvalue weighted by Crippen LogP contribution is 2.30. The number of benzene rings is 3. The number of amides is 2. The Kier molecular flexibility index (Phi) is 5.32.